The lowest BCUT2D eigenvalue weighted by atomic mass is 10.1. The first-order valence-electron chi connectivity index (χ1n) is 6.86. The highest BCUT2D eigenvalue weighted by atomic mass is 19.1. The lowest BCUT2D eigenvalue weighted by Gasteiger charge is -2.23. The maximum Gasteiger partial charge on any atom is 0.222 e. The number of halogens is 1. The van der Waals surface area contributed by atoms with Crippen molar-refractivity contribution >= 4 is 11.6 Å². The second kappa shape index (κ2) is 7.26. The molecule has 0 saturated carbocycles. The van der Waals surface area contributed by atoms with Gasteiger partial charge in [-0.3, -0.25) is 4.79 Å². The fourth-order valence-corrected chi connectivity index (χ4v) is 1.85. The van der Waals surface area contributed by atoms with Crippen LogP contribution in [0.2, 0.25) is 0 Å². The molecule has 0 saturated heterocycles. The summed E-state index contributed by atoms with van der Waals surface area (Å²) in [7, 11) is 1.51. The van der Waals surface area contributed by atoms with E-state index in [0.717, 1.165) is 0 Å². The number of hydrogen-bond donors (Lipinski definition) is 3. The van der Waals surface area contributed by atoms with Crippen LogP contribution in [0.25, 0.3) is 0 Å². The Morgan fingerprint density at radius 3 is 2.62 bits per heavy atom. The number of nitrogens with two attached hydrogens (primary N) is 1. The first kappa shape index (κ1) is 17.2. The van der Waals surface area contributed by atoms with Crippen molar-refractivity contribution in [3.8, 4) is 5.75 Å². The van der Waals surface area contributed by atoms with Crippen LogP contribution >= 0.6 is 0 Å². The van der Waals surface area contributed by atoms with Crippen molar-refractivity contribution in [2.24, 2.45) is 5.73 Å². The van der Waals surface area contributed by atoms with Crippen LogP contribution in [0, 0.1) is 5.82 Å². The van der Waals surface area contributed by atoms with E-state index in [1.807, 2.05) is 20.8 Å². The van der Waals surface area contributed by atoms with E-state index in [-0.39, 0.29) is 36.1 Å². The van der Waals surface area contributed by atoms with Gasteiger partial charge in [-0.2, -0.15) is 0 Å². The van der Waals surface area contributed by atoms with Gasteiger partial charge in [0, 0.05) is 30.6 Å². The fraction of sp³-hybridized carbons (Fsp3) is 0.533. The number of carbonyl (C=O) groups is 1. The highest BCUT2D eigenvalue weighted by molar-refractivity contribution is 5.77. The van der Waals surface area contributed by atoms with Gasteiger partial charge in [-0.15, -0.1) is 0 Å². The maximum absolute atomic E-state index is 13.8. The Balaban J connectivity index is 2.72. The molecule has 0 aliphatic rings. The fourth-order valence-electron chi connectivity index (χ4n) is 1.85. The average Bonchev–Trinajstić information content (AvgIpc) is 2.38. The summed E-state index contributed by atoms with van der Waals surface area (Å²) in [6, 6.07) is 4.03. The Labute approximate surface area is 125 Å². The Hall–Kier alpha value is -1.82. The van der Waals surface area contributed by atoms with E-state index in [2.05, 4.69) is 10.6 Å². The van der Waals surface area contributed by atoms with Crippen molar-refractivity contribution in [2.45, 2.75) is 38.8 Å². The number of nitrogens with one attached hydrogen (secondary N) is 2. The number of carbonyl (C=O) groups excluding carboxylic acids is 1. The smallest absolute Gasteiger partial charge is 0.222 e. The minimum atomic E-state index is -0.412. The van der Waals surface area contributed by atoms with Gasteiger partial charge in [-0.25, -0.2) is 4.39 Å². The Kier molecular flexibility index (Phi) is 5.96. The third-order valence-electron chi connectivity index (χ3n) is 2.76. The standard InChI is InChI=1S/C15H24FN3O2/c1-15(2,3)19-14(20)7-10(9-17)18-13-8-11(21-4)5-6-12(13)16/h5-6,8,10,18H,7,9,17H2,1-4H3,(H,19,20). The van der Waals surface area contributed by atoms with Crippen molar-refractivity contribution in [3.63, 3.8) is 0 Å². The first-order valence-corrected chi connectivity index (χ1v) is 6.86. The van der Waals surface area contributed by atoms with Gasteiger partial charge < -0.3 is 21.1 Å². The van der Waals surface area contributed by atoms with Crippen molar-refractivity contribution in [3.05, 3.63) is 24.0 Å². The number of rotatable bonds is 6. The zero-order valence-electron chi connectivity index (χ0n) is 13.0. The van der Waals surface area contributed by atoms with Crippen LogP contribution in [-0.2, 0) is 4.79 Å². The van der Waals surface area contributed by atoms with E-state index in [0.29, 0.717) is 5.75 Å². The molecule has 1 rings (SSSR count). The third-order valence-corrected chi connectivity index (χ3v) is 2.76. The summed E-state index contributed by atoms with van der Waals surface area (Å²) < 4.78 is 18.8. The highest BCUT2D eigenvalue weighted by Gasteiger charge is 2.18. The van der Waals surface area contributed by atoms with E-state index in [4.69, 9.17) is 10.5 Å². The zero-order valence-corrected chi connectivity index (χ0v) is 13.0. The molecule has 0 radical (unpaired) electrons. The molecule has 6 heteroatoms. The van der Waals surface area contributed by atoms with Crippen LogP contribution in [0.3, 0.4) is 0 Å². The number of hydrogen-bond acceptors (Lipinski definition) is 4. The van der Waals surface area contributed by atoms with Crippen LogP contribution in [-0.4, -0.2) is 31.1 Å². The summed E-state index contributed by atoms with van der Waals surface area (Å²) in [5, 5.41) is 5.80. The molecule has 118 valence electrons. The maximum atomic E-state index is 13.8. The van der Waals surface area contributed by atoms with Gasteiger partial charge in [0.25, 0.3) is 0 Å². The average molecular weight is 297 g/mol. The molecule has 0 fully saturated rings. The molecular formula is C15H24FN3O2. The summed E-state index contributed by atoms with van der Waals surface area (Å²) in [6.45, 7) is 5.92. The number of methoxy groups -OCH3 is 1. The number of anilines is 1. The lowest BCUT2D eigenvalue weighted by Crippen LogP contribution is -2.44. The van der Waals surface area contributed by atoms with Crippen LogP contribution < -0.4 is 21.1 Å². The predicted molar refractivity (Wildman–Crippen MR) is 81.9 cm³/mol. The minimum absolute atomic E-state index is 0.131. The first-order chi connectivity index (χ1) is 9.75. The van der Waals surface area contributed by atoms with Gasteiger partial charge >= 0.3 is 0 Å². The van der Waals surface area contributed by atoms with E-state index in [9.17, 15) is 9.18 Å². The van der Waals surface area contributed by atoms with Crippen molar-refractivity contribution in [2.75, 3.05) is 19.0 Å². The second-order valence-electron chi connectivity index (χ2n) is 5.93. The molecule has 4 N–H and O–H groups in total. The van der Waals surface area contributed by atoms with Gasteiger partial charge in [0.15, 0.2) is 0 Å². The zero-order chi connectivity index (χ0) is 16.0. The van der Waals surface area contributed by atoms with Crippen LogP contribution in [0.4, 0.5) is 10.1 Å². The molecule has 1 amide bonds. The summed E-state index contributed by atoms with van der Waals surface area (Å²) in [6.07, 6.45) is 0.171. The summed E-state index contributed by atoms with van der Waals surface area (Å²) in [5.41, 5.74) is 5.62. The molecule has 1 aromatic rings. The molecule has 21 heavy (non-hydrogen) atoms. The van der Waals surface area contributed by atoms with Gasteiger partial charge in [0.05, 0.1) is 12.8 Å². The van der Waals surface area contributed by atoms with Gasteiger partial charge in [0.2, 0.25) is 5.91 Å². The van der Waals surface area contributed by atoms with Crippen molar-refractivity contribution in [1.82, 2.24) is 5.32 Å². The van der Waals surface area contributed by atoms with Gasteiger partial charge in [-0.1, -0.05) is 0 Å². The molecule has 5 nitrogen and oxygen atoms in total. The Morgan fingerprint density at radius 2 is 2.10 bits per heavy atom. The molecule has 0 bridgehead atoms. The summed E-state index contributed by atoms with van der Waals surface area (Å²) in [5.74, 6) is -0.00644. The van der Waals surface area contributed by atoms with E-state index in [1.54, 1.807) is 6.07 Å². The van der Waals surface area contributed by atoms with Crippen molar-refractivity contribution < 1.29 is 13.9 Å². The molecule has 1 aromatic carbocycles. The molecule has 0 aromatic heterocycles. The normalized spacial score (nSPS) is 12.7. The van der Waals surface area contributed by atoms with Crippen LogP contribution in [0.5, 0.6) is 5.75 Å². The highest BCUT2D eigenvalue weighted by Crippen LogP contribution is 2.22. The second-order valence-corrected chi connectivity index (χ2v) is 5.93. The largest absolute Gasteiger partial charge is 0.497 e. The Morgan fingerprint density at radius 1 is 1.43 bits per heavy atom. The topological polar surface area (TPSA) is 76.4 Å². The molecular weight excluding hydrogens is 273 g/mol. The van der Waals surface area contributed by atoms with E-state index < -0.39 is 5.82 Å². The summed E-state index contributed by atoms with van der Waals surface area (Å²) >= 11 is 0. The lowest BCUT2D eigenvalue weighted by molar-refractivity contribution is -0.122. The molecule has 1 unspecified atom stereocenters. The predicted octanol–water partition coefficient (Wildman–Crippen LogP) is 1.88. The number of amides is 1. The minimum Gasteiger partial charge on any atom is -0.497 e. The van der Waals surface area contributed by atoms with Gasteiger partial charge in [-0.05, 0) is 32.9 Å². The SMILES string of the molecule is COc1ccc(F)c(NC(CN)CC(=O)NC(C)(C)C)c1. The summed E-state index contributed by atoms with van der Waals surface area (Å²) in [4.78, 5) is 11.9. The monoisotopic (exact) mass is 297 g/mol. The Bertz CT molecular complexity index is 486. The quantitative estimate of drug-likeness (QED) is 0.749. The molecule has 0 heterocycles. The molecule has 0 spiro atoms. The molecule has 0 aliphatic heterocycles. The van der Waals surface area contributed by atoms with Crippen LogP contribution in [0.15, 0.2) is 18.2 Å². The van der Waals surface area contributed by atoms with Gasteiger partial charge in [0.1, 0.15) is 11.6 Å². The molecule has 1 atom stereocenters. The number of benzene rings is 1. The van der Waals surface area contributed by atoms with Crippen LogP contribution in [0.1, 0.15) is 27.2 Å². The molecule has 0 aliphatic carbocycles. The number of ether oxygens (including phenoxy) is 1. The van der Waals surface area contributed by atoms with Crippen molar-refractivity contribution in [1.29, 1.82) is 0 Å². The third kappa shape index (κ3) is 5.99. The van der Waals surface area contributed by atoms with E-state index >= 15 is 0 Å². The van der Waals surface area contributed by atoms with E-state index in [1.165, 1.54) is 19.2 Å².